The molecule has 0 spiro atoms. The molecule has 1 aromatic rings. The number of amides is 1. The number of hydrogen-bond acceptors (Lipinski definition) is 4. The fraction of sp³-hybridized carbons (Fsp3) is 0.722. The summed E-state index contributed by atoms with van der Waals surface area (Å²) < 4.78 is 0. The molecule has 25 heavy (non-hydrogen) atoms. The molecule has 138 valence electrons. The van der Waals surface area contributed by atoms with Gasteiger partial charge in [-0.05, 0) is 33.1 Å². The molecule has 1 amide bonds. The SMILES string of the molecule is CN=C(NCc1sc(C)nc1C)NC1CCN(C(=O)C2CCCC2)C1. The predicted molar refractivity (Wildman–Crippen MR) is 102 cm³/mol. The lowest BCUT2D eigenvalue weighted by molar-refractivity contribution is -0.134. The van der Waals surface area contributed by atoms with Crippen molar-refractivity contribution in [2.75, 3.05) is 20.1 Å². The Balaban J connectivity index is 1.47. The van der Waals surface area contributed by atoms with Crippen molar-refractivity contribution in [1.82, 2.24) is 20.5 Å². The minimum absolute atomic E-state index is 0.272. The molecule has 0 radical (unpaired) electrons. The minimum atomic E-state index is 0.272. The summed E-state index contributed by atoms with van der Waals surface area (Å²) in [6, 6.07) is 0.279. The number of thiazole rings is 1. The van der Waals surface area contributed by atoms with Gasteiger partial charge in [0.2, 0.25) is 5.91 Å². The van der Waals surface area contributed by atoms with Crippen molar-refractivity contribution in [1.29, 1.82) is 0 Å². The summed E-state index contributed by atoms with van der Waals surface area (Å²) in [7, 11) is 1.79. The van der Waals surface area contributed by atoms with Crippen molar-refractivity contribution < 1.29 is 4.79 Å². The standard InChI is InChI=1S/C18H29N5OS/c1-12-16(25-13(2)21-12)10-20-18(19-3)22-15-8-9-23(11-15)17(24)14-6-4-5-7-14/h14-15H,4-11H2,1-3H3,(H2,19,20,22). The second-order valence-electron chi connectivity index (χ2n) is 7.06. The van der Waals surface area contributed by atoms with Gasteiger partial charge in [0.1, 0.15) is 0 Å². The highest BCUT2D eigenvalue weighted by atomic mass is 32.1. The Morgan fingerprint density at radius 1 is 1.32 bits per heavy atom. The molecule has 1 saturated heterocycles. The Bertz CT molecular complexity index is 635. The fourth-order valence-corrected chi connectivity index (χ4v) is 4.68. The lowest BCUT2D eigenvalue weighted by Gasteiger charge is -2.21. The van der Waals surface area contributed by atoms with Gasteiger partial charge < -0.3 is 15.5 Å². The van der Waals surface area contributed by atoms with Crippen molar-refractivity contribution in [2.24, 2.45) is 10.9 Å². The van der Waals surface area contributed by atoms with Gasteiger partial charge in [-0.2, -0.15) is 0 Å². The summed E-state index contributed by atoms with van der Waals surface area (Å²) in [6.07, 6.45) is 5.55. The first kappa shape index (κ1) is 18.2. The summed E-state index contributed by atoms with van der Waals surface area (Å²) in [6.45, 7) is 6.45. The van der Waals surface area contributed by atoms with Crippen molar-refractivity contribution in [3.63, 3.8) is 0 Å². The van der Waals surface area contributed by atoms with Crippen LogP contribution < -0.4 is 10.6 Å². The number of nitrogens with zero attached hydrogens (tertiary/aromatic N) is 3. The number of guanidine groups is 1. The Morgan fingerprint density at radius 2 is 2.08 bits per heavy atom. The summed E-state index contributed by atoms with van der Waals surface area (Å²) in [4.78, 5) is 24.6. The highest BCUT2D eigenvalue weighted by Gasteiger charge is 2.32. The fourth-order valence-electron chi connectivity index (χ4n) is 3.80. The van der Waals surface area contributed by atoms with Crippen LogP contribution in [0.15, 0.2) is 4.99 Å². The maximum atomic E-state index is 12.5. The van der Waals surface area contributed by atoms with Gasteiger partial charge in [-0.15, -0.1) is 11.3 Å². The Labute approximate surface area is 154 Å². The molecule has 2 aliphatic rings. The molecule has 1 unspecified atom stereocenters. The van der Waals surface area contributed by atoms with Crippen molar-refractivity contribution in [2.45, 2.75) is 58.5 Å². The zero-order chi connectivity index (χ0) is 17.8. The zero-order valence-electron chi connectivity index (χ0n) is 15.5. The molecule has 2 N–H and O–H groups in total. The number of aliphatic imine (C=N–C) groups is 1. The number of likely N-dealkylation sites (tertiary alicyclic amines) is 1. The number of carbonyl (C=O) groups excluding carboxylic acids is 1. The third kappa shape index (κ3) is 4.51. The molecule has 2 heterocycles. The van der Waals surface area contributed by atoms with E-state index in [1.165, 1.54) is 17.7 Å². The van der Waals surface area contributed by atoms with Gasteiger partial charge in [0.15, 0.2) is 5.96 Å². The molecule has 7 heteroatoms. The molecular weight excluding hydrogens is 334 g/mol. The van der Waals surface area contributed by atoms with Gasteiger partial charge in [0.05, 0.1) is 17.2 Å². The van der Waals surface area contributed by atoms with Crippen LogP contribution in [0.1, 0.15) is 47.7 Å². The molecule has 2 fully saturated rings. The monoisotopic (exact) mass is 363 g/mol. The molecule has 1 aromatic heterocycles. The van der Waals surface area contributed by atoms with Crippen LogP contribution in [-0.2, 0) is 11.3 Å². The Morgan fingerprint density at radius 3 is 2.72 bits per heavy atom. The summed E-state index contributed by atoms with van der Waals surface area (Å²) in [5.41, 5.74) is 1.08. The largest absolute Gasteiger partial charge is 0.352 e. The topological polar surface area (TPSA) is 69.6 Å². The normalized spacial score (nSPS) is 21.8. The average molecular weight is 364 g/mol. The highest BCUT2D eigenvalue weighted by molar-refractivity contribution is 7.11. The van der Waals surface area contributed by atoms with Crippen LogP contribution in [0.5, 0.6) is 0 Å². The maximum Gasteiger partial charge on any atom is 0.225 e. The van der Waals surface area contributed by atoms with E-state index in [0.29, 0.717) is 5.91 Å². The Kier molecular flexibility index (Phi) is 5.93. The van der Waals surface area contributed by atoms with Crippen LogP contribution in [-0.4, -0.2) is 47.9 Å². The van der Waals surface area contributed by atoms with Crippen molar-refractivity contribution >= 4 is 23.2 Å². The van der Waals surface area contributed by atoms with Crippen LogP contribution in [0.4, 0.5) is 0 Å². The maximum absolute atomic E-state index is 12.5. The van der Waals surface area contributed by atoms with Gasteiger partial charge >= 0.3 is 0 Å². The van der Waals surface area contributed by atoms with Gasteiger partial charge in [-0.25, -0.2) is 4.98 Å². The molecule has 1 aliphatic heterocycles. The lowest BCUT2D eigenvalue weighted by atomic mass is 10.1. The van der Waals surface area contributed by atoms with E-state index >= 15 is 0 Å². The van der Waals surface area contributed by atoms with Crippen LogP contribution in [0.2, 0.25) is 0 Å². The lowest BCUT2D eigenvalue weighted by Crippen LogP contribution is -2.45. The van der Waals surface area contributed by atoms with E-state index in [2.05, 4.69) is 20.6 Å². The van der Waals surface area contributed by atoms with Crippen LogP contribution in [0, 0.1) is 19.8 Å². The summed E-state index contributed by atoms with van der Waals surface area (Å²) in [5.74, 6) is 1.43. The van der Waals surface area contributed by atoms with E-state index in [4.69, 9.17) is 0 Å². The first-order valence-corrected chi connectivity index (χ1v) is 10.1. The van der Waals surface area contributed by atoms with E-state index in [9.17, 15) is 4.79 Å². The molecule has 0 aromatic carbocycles. The third-order valence-electron chi connectivity index (χ3n) is 5.18. The smallest absolute Gasteiger partial charge is 0.225 e. The first-order valence-electron chi connectivity index (χ1n) is 9.25. The third-order valence-corrected chi connectivity index (χ3v) is 6.26. The molecule has 6 nitrogen and oxygen atoms in total. The van der Waals surface area contributed by atoms with E-state index in [1.807, 2.05) is 18.7 Å². The van der Waals surface area contributed by atoms with Gasteiger partial charge in [0.25, 0.3) is 0 Å². The van der Waals surface area contributed by atoms with Gasteiger partial charge in [-0.1, -0.05) is 12.8 Å². The van der Waals surface area contributed by atoms with Gasteiger partial charge in [0, 0.05) is 37.0 Å². The number of hydrogen-bond donors (Lipinski definition) is 2. The zero-order valence-corrected chi connectivity index (χ0v) is 16.3. The van der Waals surface area contributed by atoms with Crippen LogP contribution in [0.25, 0.3) is 0 Å². The number of carbonyl (C=O) groups is 1. The van der Waals surface area contributed by atoms with E-state index in [-0.39, 0.29) is 12.0 Å². The molecule has 0 bridgehead atoms. The van der Waals surface area contributed by atoms with Crippen LogP contribution >= 0.6 is 11.3 Å². The molecule has 1 atom stereocenters. The molecular formula is C18H29N5OS. The summed E-state index contributed by atoms with van der Waals surface area (Å²) in [5, 5.41) is 7.93. The molecule has 3 rings (SSSR count). The summed E-state index contributed by atoms with van der Waals surface area (Å²) >= 11 is 1.72. The first-order chi connectivity index (χ1) is 12.1. The predicted octanol–water partition coefficient (Wildman–Crippen LogP) is 2.22. The minimum Gasteiger partial charge on any atom is -0.352 e. The second kappa shape index (κ2) is 8.17. The van der Waals surface area contributed by atoms with Crippen molar-refractivity contribution in [3.05, 3.63) is 15.6 Å². The number of aromatic nitrogens is 1. The average Bonchev–Trinajstić information content (AvgIpc) is 3.32. The van der Waals surface area contributed by atoms with E-state index < -0.39 is 0 Å². The van der Waals surface area contributed by atoms with E-state index in [1.54, 1.807) is 18.4 Å². The van der Waals surface area contributed by atoms with Crippen molar-refractivity contribution in [3.8, 4) is 0 Å². The number of aryl methyl sites for hydroxylation is 2. The quantitative estimate of drug-likeness (QED) is 0.636. The highest BCUT2D eigenvalue weighted by Crippen LogP contribution is 2.27. The molecule has 1 saturated carbocycles. The van der Waals surface area contributed by atoms with Gasteiger partial charge in [-0.3, -0.25) is 9.79 Å². The molecule has 1 aliphatic carbocycles. The second-order valence-corrected chi connectivity index (χ2v) is 8.35. The Hall–Kier alpha value is -1.63. The van der Waals surface area contributed by atoms with Crippen LogP contribution in [0.3, 0.4) is 0 Å². The number of rotatable bonds is 4. The van der Waals surface area contributed by atoms with E-state index in [0.717, 1.165) is 55.6 Å². The number of nitrogens with one attached hydrogen (secondary N) is 2.